The van der Waals surface area contributed by atoms with E-state index in [1.54, 1.807) is 24.1 Å². The third-order valence-electron chi connectivity index (χ3n) is 5.76. The number of ether oxygens (including phenoxy) is 2. The summed E-state index contributed by atoms with van der Waals surface area (Å²) in [6, 6.07) is 5.53. The molecular weight excluding hydrogens is 418 g/mol. The summed E-state index contributed by atoms with van der Waals surface area (Å²) < 4.78 is 11.1. The summed E-state index contributed by atoms with van der Waals surface area (Å²) in [5.41, 5.74) is 0.894. The molecule has 0 bridgehead atoms. The molecule has 184 valence electrons. The minimum atomic E-state index is -0.349. The third-order valence-corrected chi connectivity index (χ3v) is 5.76. The highest BCUT2D eigenvalue weighted by atomic mass is 16.6. The number of carbonyl (C=O) groups excluding carboxylic acids is 2. The number of allylic oxidation sites excluding steroid dienone is 2. The minimum absolute atomic E-state index is 0.0398. The van der Waals surface area contributed by atoms with Gasteiger partial charge in [0, 0.05) is 32.1 Å². The Hall–Kier alpha value is -2.54. The fourth-order valence-corrected chi connectivity index (χ4v) is 3.95. The number of nitrogens with zero attached hydrogens (tertiary/aromatic N) is 1. The van der Waals surface area contributed by atoms with E-state index in [9.17, 15) is 9.59 Å². The second kappa shape index (κ2) is 14.6. The number of nitrogens with one attached hydrogen (secondary N) is 2. The molecule has 1 atom stereocenters. The van der Waals surface area contributed by atoms with Crippen molar-refractivity contribution in [2.24, 2.45) is 5.92 Å². The summed E-state index contributed by atoms with van der Waals surface area (Å²) in [6.07, 6.45) is 10.5. The number of benzene rings is 1. The summed E-state index contributed by atoms with van der Waals surface area (Å²) in [5.74, 6) is 1.48. The van der Waals surface area contributed by atoms with Crippen molar-refractivity contribution in [1.82, 2.24) is 15.5 Å². The molecule has 0 aromatic heterocycles. The molecule has 2 amide bonds. The van der Waals surface area contributed by atoms with Crippen LogP contribution in [0.1, 0.15) is 64.4 Å². The van der Waals surface area contributed by atoms with E-state index in [0.717, 1.165) is 50.6 Å². The van der Waals surface area contributed by atoms with Gasteiger partial charge in [0.05, 0.1) is 7.11 Å². The molecule has 1 aliphatic heterocycles. The number of amides is 2. The van der Waals surface area contributed by atoms with Crippen molar-refractivity contribution >= 4 is 12.0 Å². The summed E-state index contributed by atoms with van der Waals surface area (Å²) >= 11 is 0. The van der Waals surface area contributed by atoms with Gasteiger partial charge in [-0.1, -0.05) is 32.1 Å². The molecule has 1 aromatic carbocycles. The van der Waals surface area contributed by atoms with Crippen LogP contribution in [0, 0.1) is 5.92 Å². The lowest BCUT2D eigenvalue weighted by Gasteiger charge is -2.34. The molecule has 7 heteroatoms. The molecule has 0 saturated carbocycles. The van der Waals surface area contributed by atoms with E-state index in [-0.39, 0.29) is 18.0 Å². The molecule has 0 aliphatic carbocycles. The number of piperidine rings is 1. The van der Waals surface area contributed by atoms with Gasteiger partial charge >= 0.3 is 6.09 Å². The first-order valence-electron chi connectivity index (χ1n) is 12.2. The average Bonchev–Trinajstić information content (AvgIpc) is 2.81. The van der Waals surface area contributed by atoms with Crippen LogP contribution in [-0.2, 0) is 11.3 Å². The molecule has 1 unspecified atom stereocenters. The molecule has 1 heterocycles. The lowest BCUT2D eigenvalue weighted by molar-refractivity contribution is -0.121. The average molecular weight is 460 g/mol. The zero-order valence-electron chi connectivity index (χ0n) is 20.7. The van der Waals surface area contributed by atoms with Crippen LogP contribution >= 0.6 is 0 Å². The van der Waals surface area contributed by atoms with Gasteiger partial charge in [-0.2, -0.15) is 0 Å². The van der Waals surface area contributed by atoms with Gasteiger partial charge in [-0.15, -0.1) is 0 Å². The van der Waals surface area contributed by atoms with Crippen LogP contribution in [0.15, 0.2) is 30.4 Å². The van der Waals surface area contributed by atoms with Crippen molar-refractivity contribution in [2.75, 3.05) is 27.2 Å². The Bertz CT molecular complexity index is 777. The summed E-state index contributed by atoms with van der Waals surface area (Å²) in [5, 5.41) is 6.11. The number of rotatable bonds is 12. The van der Waals surface area contributed by atoms with Crippen molar-refractivity contribution in [1.29, 1.82) is 0 Å². The third kappa shape index (κ3) is 9.46. The smallest absolute Gasteiger partial charge is 0.415 e. The molecule has 1 aromatic rings. The Balaban J connectivity index is 1.83. The highest BCUT2D eigenvalue weighted by Gasteiger charge is 2.28. The maximum absolute atomic E-state index is 12.8. The molecular formula is C26H41N3O4. The zero-order chi connectivity index (χ0) is 24.1. The normalized spacial score (nSPS) is 16.3. The molecule has 1 saturated heterocycles. The Kier molecular flexibility index (Phi) is 11.8. The standard InChI is InChI=1S/C26H41N3O4/c1-20(2)11-7-5-6-8-13-25(30)28-18-21-14-15-23(24(17-21)32-4)33-26(31)29-16-10-9-12-22(29)19-27-3/h7,11,14-15,17,20,22,27H,5-6,8-10,12-13,16,18-19H2,1-4H3,(H,28,30)/b11-7+. The topological polar surface area (TPSA) is 79.9 Å². The van der Waals surface area contributed by atoms with Crippen molar-refractivity contribution in [3.05, 3.63) is 35.9 Å². The van der Waals surface area contributed by atoms with Gasteiger partial charge in [0.2, 0.25) is 5.91 Å². The molecule has 0 spiro atoms. The SMILES string of the molecule is CNCC1CCCCN1C(=O)Oc1ccc(CNC(=O)CCCC/C=C/C(C)C)cc1OC. The van der Waals surface area contributed by atoms with Crippen LogP contribution in [0.4, 0.5) is 4.79 Å². The van der Waals surface area contributed by atoms with E-state index in [1.807, 2.05) is 13.1 Å². The summed E-state index contributed by atoms with van der Waals surface area (Å²) in [7, 11) is 3.44. The van der Waals surface area contributed by atoms with Gasteiger partial charge < -0.3 is 25.0 Å². The number of hydrogen-bond acceptors (Lipinski definition) is 5. The van der Waals surface area contributed by atoms with E-state index < -0.39 is 0 Å². The van der Waals surface area contributed by atoms with E-state index in [4.69, 9.17) is 9.47 Å². The second-order valence-corrected chi connectivity index (χ2v) is 8.95. The Labute approximate surface area is 198 Å². The monoisotopic (exact) mass is 459 g/mol. The predicted octanol–water partition coefficient (Wildman–Crippen LogP) is 4.66. The second-order valence-electron chi connectivity index (χ2n) is 8.95. The summed E-state index contributed by atoms with van der Waals surface area (Å²) in [6.45, 7) is 6.17. The Morgan fingerprint density at radius 2 is 2.03 bits per heavy atom. The number of hydrogen-bond donors (Lipinski definition) is 2. The lowest BCUT2D eigenvalue weighted by Crippen LogP contribution is -2.49. The van der Waals surface area contributed by atoms with Crippen molar-refractivity contribution in [3.63, 3.8) is 0 Å². The first-order chi connectivity index (χ1) is 15.9. The van der Waals surface area contributed by atoms with Gasteiger partial charge in [0.25, 0.3) is 0 Å². The molecule has 1 aliphatic rings. The molecule has 1 fully saturated rings. The van der Waals surface area contributed by atoms with E-state index in [0.29, 0.717) is 36.9 Å². The number of unbranched alkanes of at least 4 members (excludes halogenated alkanes) is 2. The highest BCUT2D eigenvalue weighted by molar-refractivity contribution is 5.76. The number of methoxy groups -OCH3 is 1. The Morgan fingerprint density at radius 3 is 2.76 bits per heavy atom. The van der Waals surface area contributed by atoms with Crippen molar-refractivity contribution < 1.29 is 19.1 Å². The van der Waals surface area contributed by atoms with Gasteiger partial charge in [-0.3, -0.25) is 4.79 Å². The Morgan fingerprint density at radius 1 is 1.21 bits per heavy atom. The molecule has 0 radical (unpaired) electrons. The summed E-state index contributed by atoms with van der Waals surface area (Å²) in [4.78, 5) is 26.7. The van der Waals surface area contributed by atoms with Crippen LogP contribution < -0.4 is 20.1 Å². The first kappa shape index (κ1) is 26.7. The molecule has 33 heavy (non-hydrogen) atoms. The number of carbonyl (C=O) groups is 2. The highest BCUT2D eigenvalue weighted by Crippen LogP contribution is 2.29. The minimum Gasteiger partial charge on any atom is -0.493 e. The fourth-order valence-electron chi connectivity index (χ4n) is 3.95. The van der Waals surface area contributed by atoms with Crippen LogP contribution in [0.2, 0.25) is 0 Å². The van der Waals surface area contributed by atoms with Gasteiger partial charge in [-0.25, -0.2) is 4.79 Å². The van der Waals surface area contributed by atoms with Gasteiger partial charge in [0.1, 0.15) is 0 Å². The van der Waals surface area contributed by atoms with Crippen LogP contribution in [0.5, 0.6) is 11.5 Å². The van der Waals surface area contributed by atoms with Gasteiger partial charge in [-0.05, 0) is 69.2 Å². The lowest BCUT2D eigenvalue weighted by atomic mass is 10.0. The first-order valence-corrected chi connectivity index (χ1v) is 12.2. The van der Waals surface area contributed by atoms with Crippen LogP contribution in [0.3, 0.4) is 0 Å². The number of likely N-dealkylation sites (tertiary alicyclic amines) is 1. The zero-order valence-corrected chi connectivity index (χ0v) is 20.7. The predicted molar refractivity (Wildman–Crippen MR) is 132 cm³/mol. The molecule has 7 nitrogen and oxygen atoms in total. The van der Waals surface area contributed by atoms with E-state index >= 15 is 0 Å². The van der Waals surface area contributed by atoms with Gasteiger partial charge in [0.15, 0.2) is 11.5 Å². The van der Waals surface area contributed by atoms with Crippen molar-refractivity contribution in [2.45, 2.75) is 71.4 Å². The van der Waals surface area contributed by atoms with Crippen LogP contribution in [-0.4, -0.2) is 50.2 Å². The van der Waals surface area contributed by atoms with Crippen LogP contribution in [0.25, 0.3) is 0 Å². The maximum atomic E-state index is 12.8. The van der Waals surface area contributed by atoms with E-state index in [2.05, 4.69) is 36.6 Å². The quantitative estimate of drug-likeness (QED) is 0.351. The number of likely N-dealkylation sites (N-methyl/N-ethyl adjacent to an activating group) is 1. The molecule has 2 N–H and O–H groups in total. The fraction of sp³-hybridized carbons (Fsp3) is 0.615. The molecule has 2 rings (SSSR count). The van der Waals surface area contributed by atoms with Crippen molar-refractivity contribution in [3.8, 4) is 11.5 Å². The van der Waals surface area contributed by atoms with E-state index in [1.165, 1.54) is 0 Å². The largest absolute Gasteiger partial charge is 0.493 e. The maximum Gasteiger partial charge on any atom is 0.415 e.